The smallest absolute Gasteiger partial charge is 0.115 e. The van der Waals surface area contributed by atoms with Gasteiger partial charge in [-0.25, -0.2) is 0 Å². The molecule has 1 atom stereocenters. The highest BCUT2D eigenvalue weighted by atomic mass is 35.5. The first kappa shape index (κ1) is 15.1. The molecule has 0 bridgehead atoms. The summed E-state index contributed by atoms with van der Waals surface area (Å²) in [5, 5.41) is 23.5. The molecule has 0 spiro atoms. The Bertz CT molecular complexity index is 573. The zero-order valence-corrected chi connectivity index (χ0v) is 12.2. The second-order valence-electron chi connectivity index (χ2n) is 4.48. The van der Waals surface area contributed by atoms with Gasteiger partial charge in [0.15, 0.2) is 0 Å². The lowest BCUT2D eigenvalue weighted by Crippen LogP contribution is -2.21. The van der Waals surface area contributed by atoms with E-state index in [0.29, 0.717) is 28.7 Å². The molecular formula is C15H15Cl2NO2. The highest BCUT2D eigenvalue weighted by Crippen LogP contribution is 2.26. The average Bonchev–Trinajstić information content (AvgIpc) is 2.43. The third-order valence-corrected chi connectivity index (χ3v) is 3.50. The summed E-state index contributed by atoms with van der Waals surface area (Å²) in [5.74, 6) is 0.236. The Balaban J connectivity index is 1.90. The summed E-state index contributed by atoms with van der Waals surface area (Å²) >= 11 is 11.9. The van der Waals surface area contributed by atoms with Gasteiger partial charge in [0, 0.05) is 28.7 Å². The van der Waals surface area contributed by atoms with Crippen LogP contribution in [0.4, 0.5) is 0 Å². The van der Waals surface area contributed by atoms with Crippen LogP contribution in [0.15, 0.2) is 42.5 Å². The normalized spacial score (nSPS) is 12.3. The van der Waals surface area contributed by atoms with Gasteiger partial charge in [0.1, 0.15) is 5.75 Å². The molecule has 0 amide bonds. The molecule has 0 aliphatic carbocycles. The van der Waals surface area contributed by atoms with Crippen LogP contribution in [0, 0.1) is 0 Å². The summed E-state index contributed by atoms with van der Waals surface area (Å²) in [6, 6.07) is 11.9. The predicted octanol–water partition coefficient (Wildman–Crippen LogP) is 3.52. The summed E-state index contributed by atoms with van der Waals surface area (Å²) in [7, 11) is 0. The van der Waals surface area contributed by atoms with Gasteiger partial charge in [-0.15, -0.1) is 0 Å². The van der Waals surface area contributed by atoms with Crippen LogP contribution in [0.5, 0.6) is 5.75 Å². The van der Waals surface area contributed by atoms with Gasteiger partial charge in [-0.2, -0.15) is 0 Å². The average molecular weight is 312 g/mol. The Morgan fingerprint density at radius 2 is 1.75 bits per heavy atom. The predicted molar refractivity (Wildman–Crippen MR) is 81.2 cm³/mol. The first-order chi connectivity index (χ1) is 9.56. The second kappa shape index (κ2) is 6.95. The van der Waals surface area contributed by atoms with E-state index in [1.807, 2.05) is 12.1 Å². The van der Waals surface area contributed by atoms with Gasteiger partial charge in [-0.05, 0) is 35.9 Å². The zero-order valence-electron chi connectivity index (χ0n) is 10.7. The number of nitrogens with one attached hydrogen (secondary N) is 1. The lowest BCUT2D eigenvalue weighted by molar-refractivity contribution is 0.174. The highest BCUT2D eigenvalue weighted by Gasteiger charge is 2.11. The Morgan fingerprint density at radius 3 is 2.45 bits per heavy atom. The van der Waals surface area contributed by atoms with Crippen LogP contribution >= 0.6 is 23.2 Å². The lowest BCUT2D eigenvalue weighted by Gasteiger charge is -2.14. The molecule has 0 saturated carbocycles. The number of phenols is 1. The van der Waals surface area contributed by atoms with E-state index in [2.05, 4.69) is 5.32 Å². The van der Waals surface area contributed by atoms with Gasteiger partial charge in [0.05, 0.1) is 6.10 Å². The molecule has 3 N–H and O–H groups in total. The first-order valence-electron chi connectivity index (χ1n) is 6.18. The summed E-state index contributed by atoms with van der Waals surface area (Å²) in [6.07, 6.45) is -0.724. The Hall–Kier alpha value is -1.26. The Labute approximate surface area is 127 Å². The minimum atomic E-state index is -0.724. The lowest BCUT2D eigenvalue weighted by atomic mass is 10.1. The SMILES string of the molecule is Oc1ccc(CNCC(O)c2cc(Cl)ccc2Cl)cc1. The van der Waals surface area contributed by atoms with Crippen LogP contribution in [-0.4, -0.2) is 16.8 Å². The summed E-state index contributed by atoms with van der Waals surface area (Å²) in [6.45, 7) is 0.955. The minimum Gasteiger partial charge on any atom is -0.508 e. The van der Waals surface area contributed by atoms with Crippen molar-refractivity contribution in [2.75, 3.05) is 6.54 Å². The van der Waals surface area contributed by atoms with Crippen molar-refractivity contribution in [3.63, 3.8) is 0 Å². The third kappa shape index (κ3) is 4.12. The van der Waals surface area contributed by atoms with E-state index in [0.717, 1.165) is 5.56 Å². The van der Waals surface area contributed by atoms with Gasteiger partial charge >= 0.3 is 0 Å². The van der Waals surface area contributed by atoms with E-state index in [1.165, 1.54) is 0 Å². The van der Waals surface area contributed by atoms with E-state index in [1.54, 1.807) is 30.3 Å². The molecule has 0 fully saturated rings. The quantitative estimate of drug-likeness (QED) is 0.792. The monoisotopic (exact) mass is 311 g/mol. The van der Waals surface area contributed by atoms with E-state index in [9.17, 15) is 10.2 Å². The standard InChI is InChI=1S/C15H15Cl2NO2/c16-11-3-6-14(17)13(7-11)15(20)9-18-8-10-1-4-12(19)5-2-10/h1-7,15,18-20H,8-9H2. The number of halogens is 2. The molecule has 3 nitrogen and oxygen atoms in total. The summed E-state index contributed by atoms with van der Waals surface area (Å²) in [5.41, 5.74) is 1.63. The van der Waals surface area contributed by atoms with Gasteiger partial charge < -0.3 is 15.5 Å². The van der Waals surface area contributed by atoms with Crippen LogP contribution in [0.1, 0.15) is 17.2 Å². The molecule has 20 heavy (non-hydrogen) atoms. The van der Waals surface area contributed by atoms with Gasteiger partial charge in [0.2, 0.25) is 0 Å². The van der Waals surface area contributed by atoms with Crippen molar-refractivity contribution in [2.45, 2.75) is 12.6 Å². The molecule has 0 radical (unpaired) electrons. The fourth-order valence-corrected chi connectivity index (χ4v) is 2.27. The number of hydrogen-bond acceptors (Lipinski definition) is 3. The molecule has 5 heteroatoms. The van der Waals surface area contributed by atoms with Crippen LogP contribution in [-0.2, 0) is 6.54 Å². The fourth-order valence-electron chi connectivity index (χ4n) is 1.85. The summed E-state index contributed by atoms with van der Waals surface area (Å²) < 4.78 is 0. The molecule has 2 rings (SSSR count). The van der Waals surface area contributed by atoms with Crippen LogP contribution in [0.25, 0.3) is 0 Å². The second-order valence-corrected chi connectivity index (χ2v) is 5.32. The van der Waals surface area contributed by atoms with E-state index >= 15 is 0 Å². The third-order valence-electron chi connectivity index (χ3n) is 2.92. The number of benzene rings is 2. The topological polar surface area (TPSA) is 52.5 Å². The molecule has 0 aliphatic heterocycles. The first-order valence-corrected chi connectivity index (χ1v) is 6.93. The Kier molecular flexibility index (Phi) is 5.26. The van der Waals surface area contributed by atoms with Crippen molar-refractivity contribution in [3.8, 4) is 5.75 Å². The molecule has 0 saturated heterocycles. The fraction of sp³-hybridized carbons (Fsp3) is 0.200. The zero-order chi connectivity index (χ0) is 14.5. The van der Waals surface area contributed by atoms with Gasteiger partial charge in [-0.1, -0.05) is 35.3 Å². The Morgan fingerprint density at radius 1 is 1.05 bits per heavy atom. The van der Waals surface area contributed by atoms with Crippen LogP contribution < -0.4 is 5.32 Å². The number of aliphatic hydroxyl groups excluding tert-OH is 1. The molecular weight excluding hydrogens is 297 g/mol. The molecule has 1 unspecified atom stereocenters. The molecule has 0 heterocycles. The molecule has 106 valence electrons. The largest absolute Gasteiger partial charge is 0.508 e. The summed E-state index contributed by atoms with van der Waals surface area (Å²) in [4.78, 5) is 0. The van der Waals surface area contributed by atoms with Crippen molar-refractivity contribution in [2.24, 2.45) is 0 Å². The number of hydrogen-bond donors (Lipinski definition) is 3. The maximum Gasteiger partial charge on any atom is 0.115 e. The molecule has 0 aliphatic rings. The molecule has 2 aromatic carbocycles. The minimum absolute atomic E-state index is 0.236. The van der Waals surface area contributed by atoms with Crippen molar-refractivity contribution >= 4 is 23.2 Å². The number of phenolic OH excluding ortho intramolecular Hbond substituents is 1. The van der Waals surface area contributed by atoms with Crippen LogP contribution in [0.2, 0.25) is 10.0 Å². The number of aliphatic hydroxyl groups is 1. The van der Waals surface area contributed by atoms with E-state index < -0.39 is 6.10 Å². The van der Waals surface area contributed by atoms with Crippen molar-refractivity contribution in [3.05, 3.63) is 63.6 Å². The van der Waals surface area contributed by atoms with E-state index in [4.69, 9.17) is 23.2 Å². The number of rotatable bonds is 5. The van der Waals surface area contributed by atoms with Gasteiger partial charge in [0.25, 0.3) is 0 Å². The molecule has 0 aromatic heterocycles. The number of aromatic hydroxyl groups is 1. The van der Waals surface area contributed by atoms with Gasteiger partial charge in [-0.3, -0.25) is 0 Å². The van der Waals surface area contributed by atoms with Crippen LogP contribution in [0.3, 0.4) is 0 Å². The highest BCUT2D eigenvalue weighted by molar-refractivity contribution is 6.33. The maximum absolute atomic E-state index is 10.1. The van der Waals surface area contributed by atoms with E-state index in [-0.39, 0.29) is 5.75 Å². The van der Waals surface area contributed by atoms with Crippen molar-refractivity contribution in [1.29, 1.82) is 0 Å². The van der Waals surface area contributed by atoms with Crippen molar-refractivity contribution in [1.82, 2.24) is 5.32 Å². The maximum atomic E-state index is 10.1. The van der Waals surface area contributed by atoms with Crippen molar-refractivity contribution < 1.29 is 10.2 Å². The molecule has 2 aromatic rings.